The number of amides is 1. The fourth-order valence-electron chi connectivity index (χ4n) is 1.67. The number of primary sulfonamides is 1. The van der Waals surface area contributed by atoms with Crippen LogP contribution in [0.4, 0.5) is 11.4 Å². The molecule has 112 valence electrons. The number of benzene rings is 1. The third kappa shape index (κ3) is 6.53. The standard InChI is InChI=1S/C8H8N2O.C5H13NO2S/c11-8-5-9-6-3-1-2-4-7(6)10-8;1-2-3-4-5-9(6,7)8/h1-4,9H,5H2,(H,10,11);2-5H2,1H3,(H2,6,7,8). The number of fused-ring (bicyclic) bond motifs is 1. The Balaban J connectivity index is 0.000000206. The fourth-order valence-corrected chi connectivity index (χ4v) is 2.28. The third-order valence-electron chi connectivity index (χ3n) is 2.67. The second-order valence-corrected chi connectivity index (χ2v) is 6.26. The van der Waals surface area contributed by atoms with Crippen molar-refractivity contribution in [2.45, 2.75) is 26.2 Å². The van der Waals surface area contributed by atoms with E-state index in [9.17, 15) is 13.2 Å². The summed E-state index contributed by atoms with van der Waals surface area (Å²) in [6, 6.07) is 7.64. The summed E-state index contributed by atoms with van der Waals surface area (Å²) >= 11 is 0. The zero-order chi connectivity index (χ0) is 15.0. The largest absolute Gasteiger partial charge is 0.374 e. The Hall–Kier alpha value is -1.60. The van der Waals surface area contributed by atoms with Gasteiger partial charge in [0.15, 0.2) is 0 Å². The molecule has 0 radical (unpaired) electrons. The van der Waals surface area contributed by atoms with E-state index in [0.717, 1.165) is 24.2 Å². The number of rotatable bonds is 4. The maximum Gasteiger partial charge on any atom is 0.243 e. The van der Waals surface area contributed by atoms with Gasteiger partial charge in [0, 0.05) is 0 Å². The van der Waals surface area contributed by atoms with E-state index in [2.05, 4.69) is 10.6 Å². The molecule has 1 aliphatic rings. The van der Waals surface area contributed by atoms with Gasteiger partial charge in [-0.25, -0.2) is 13.6 Å². The Morgan fingerprint density at radius 2 is 1.85 bits per heavy atom. The number of para-hydroxylation sites is 2. The van der Waals surface area contributed by atoms with Crippen molar-refractivity contribution in [3.8, 4) is 0 Å². The lowest BCUT2D eigenvalue weighted by atomic mass is 10.2. The smallest absolute Gasteiger partial charge is 0.243 e. The van der Waals surface area contributed by atoms with E-state index in [4.69, 9.17) is 5.14 Å². The van der Waals surface area contributed by atoms with Crippen molar-refractivity contribution in [1.82, 2.24) is 0 Å². The van der Waals surface area contributed by atoms with E-state index in [-0.39, 0.29) is 11.7 Å². The van der Waals surface area contributed by atoms with Gasteiger partial charge in [-0.15, -0.1) is 0 Å². The quantitative estimate of drug-likeness (QED) is 0.733. The topological polar surface area (TPSA) is 101 Å². The van der Waals surface area contributed by atoms with E-state index in [1.807, 2.05) is 31.2 Å². The molecule has 7 heteroatoms. The molecular weight excluding hydrogens is 278 g/mol. The fraction of sp³-hybridized carbons (Fsp3) is 0.462. The summed E-state index contributed by atoms with van der Waals surface area (Å²) in [5, 5.41) is 10.5. The highest BCUT2D eigenvalue weighted by Gasteiger charge is 2.11. The zero-order valence-corrected chi connectivity index (χ0v) is 12.4. The lowest BCUT2D eigenvalue weighted by Gasteiger charge is -2.17. The molecule has 0 aromatic heterocycles. The summed E-state index contributed by atoms with van der Waals surface area (Å²) in [6.45, 7) is 2.39. The second kappa shape index (κ2) is 7.86. The first kappa shape index (κ1) is 16.5. The molecule has 0 saturated carbocycles. The van der Waals surface area contributed by atoms with E-state index in [1.165, 1.54) is 0 Å². The molecule has 0 atom stereocenters. The number of hydrogen-bond donors (Lipinski definition) is 3. The Labute approximate surface area is 119 Å². The summed E-state index contributed by atoms with van der Waals surface area (Å²) < 4.78 is 20.6. The van der Waals surface area contributed by atoms with Crippen molar-refractivity contribution >= 4 is 27.3 Å². The van der Waals surface area contributed by atoms with E-state index < -0.39 is 10.0 Å². The highest BCUT2D eigenvalue weighted by molar-refractivity contribution is 7.89. The van der Waals surface area contributed by atoms with Crippen LogP contribution < -0.4 is 15.8 Å². The van der Waals surface area contributed by atoms with Crippen molar-refractivity contribution in [2.75, 3.05) is 22.9 Å². The van der Waals surface area contributed by atoms with Crippen molar-refractivity contribution in [3.63, 3.8) is 0 Å². The highest BCUT2D eigenvalue weighted by atomic mass is 32.2. The molecule has 0 spiro atoms. The number of nitrogens with one attached hydrogen (secondary N) is 2. The van der Waals surface area contributed by atoms with Gasteiger partial charge in [-0.1, -0.05) is 31.9 Å². The number of carbonyl (C=O) groups is 1. The maximum atomic E-state index is 10.9. The average Bonchev–Trinajstić information content (AvgIpc) is 2.38. The number of sulfonamides is 1. The number of carbonyl (C=O) groups excluding carboxylic acids is 1. The lowest BCUT2D eigenvalue weighted by Crippen LogP contribution is -2.27. The second-order valence-electron chi connectivity index (χ2n) is 4.52. The molecule has 0 unspecified atom stereocenters. The van der Waals surface area contributed by atoms with Crippen LogP contribution in [-0.2, 0) is 14.8 Å². The van der Waals surface area contributed by atoms with E-state index in [0.29, 0.717) is 13.0 Å². The van der Waals surface area contributed by atoms with Gasteiger partial charge >= 0.3 is 0 Å². The monoisotopic (exact) mass is 299 g/mol. The van der Waals surface area contributed by atoms with Crippen molar-refractivity contribution in [3.05, 3.63) is 24.3 Å². The van der Waals surface area contributed by atoms with Gasteiger partial charge in [0.1, 0.15) is 0 Å². The molecule has 1 amide bonds. The molecule has 1 aromatic rings. The predicted octanol–water partition coefficient (Wildman–Crippen LogP) is 1.52. The Morgan fingerprint density at radius 1 is 1.20 bits per heavy atom. The first-order valence-electron chi connectivity index (χ1n) is 6.55. The summed E-state index contributed by atoms with van der Waals surface area (Å²) in [7, 11) is -3.20. The van der Waals surface area contributed by atoms with Crippen LogP contribution in [0, 0.1) is 0 Å². The third-order valence-corrected chi connectivity index (χ3v) is 3.53. The van der Waals surface area contributed by atoms with Crippen LogP contribution in [0.25, 0.3) is 0 Å². The molecule has 0 fully saturated rings. The molecule has 20 heavy (non-hydrogen) atoms. The first-order valence-corrected chi connectivity index (χ1v) is 8.27. The van der Waals surface area contributed by atoms with Crippen molar-refractivity contribution in [1.29, 1.82) is 0 Å². The lowest BCUT2D eigenvalue weighted by molar-refractivity contribution is -0.114. The van der Waals surface area contributed by atoms with Crippen LogP contribution in [0.1, 0.15) is 26.2 Å². The summed E-state index contributed by atoms with van der Waals surface area (Å²) in [6.07, 6.45) is 2.65. The van der Waals surface area contributed by atoms with Crippen LogP contribution in [0.2, 0.25) is 0 Å². The highest BCUT2D eigenvalue weighted by Crippen LogP contribution is 2.22. The van der Waals surface area contributed by atoms with Crippen LogP contribution in [0.5, 0.6) is 0 Å². The molecule has 0 bridgehead atoms. The Kier molecular flexibility index (Phi) is 6.47. The number of anilines is 2. The molecule has 0 aliphatic carbocycles. The van der Waals surface area contributed by atoms with Crippen molar-refractivity contribution < 1.29 is 13.2 Å². The normalized spacial score (nSPS) is 13.4. The molecule has 0 saturated heterocycles. The van der Waals surface area contributed by atoms with Gasteiger partial charge < -0.3 is 10.6 Å². The molecule has 1 aromatic carbocycles. The first-order chi connectivity index (χ1) is 9.42. The van der Waals surface area contributed by atoms with Crippen LogP contribution in [-0.4, -0.2) is 26.6 Å². The average molecular weight is 299 g/mol. The van der Waals surface area contributed by atoms with Gasteiger partial charge in [0.05, 0.1) is 23.7 Å². The minimum Gasteiger partial charge on any atom is -0.374 e. The number of unbranched alkanes of at least 4 members (excludes halogenated alkanes) is 2. The molecule has 1 heterocycles. The predicted molar refractivity (Wildman–Crippen MR) is 81.1 cm³/mol. The SMILES string of the molecule is CCCCCS(N)(=O)=O.O=C1CNc2ccccc2N1. The Bertz CT molecular complexity index is 544. The van der Waals surface area contributed by atoms with E-state index >= 15 is 0 Å². The van der Waals surface area contributed by atoms with Crippen LogP contribution in [0.3, 0.4) is 0 Å². The zero-order valence-electron chi connectivity index (χ0n) is 11.6. The summed E-state index contributed by atoms with van der Waals surface area (Å²) in [5.41, 5.74) is 1.86. The van der Waals surface area contributed by atoms with Crippen molar-refractivity contribution in [2.24, 2.45) is 5.14 Å². The van der Waals surface area contributed by atoms with E-state index in [1.54, 1.807) is 0 Å². The van der Waals surface area contributed by atoms with Gasteiger partial charge in [-0.2, -0.15) is 0 Å². The molecule has 2 rings (SSSR count). The minimum atomic E-state index is -3.20. The minimum absolute atomic E-state index is 0.0173. The van der Waals surface area contributed by atoms with Gasteiger partial charge in [-0.3, -0.25) is 4.79 Å². The number of nitrogens with two attached hydrogens (primary N) is 1. The molecular formula is C13H21N3O3S. The van der Waals surface area contributed by atoms with Gasteiger partial charge in [0.2, 0.25) is 15.9 Å². The maximum absolute atomic E-state index is 10.9. The van der Waals surface area contributed by atoms with Crippen LogP contribution in [0.15, 0.2) is 24.3 Å². The number of hydrogen-bond acceptors (Lipinski definition) is 4. The summed E-state index contributed by atoms with van der Waals surface area (Å²) in [4.78, 5) is 10.9. The molecule has 6 nitrogen and oxygen atoms in total. The van der Waals surface area contributed by atoms with Crippen LogP contribution >= 0.6 is 0 Å². The summed E-state index contributed by atoms with van der Waals surface area (Å²) in [5.74, 6) is 0.143. The Morgan fingerprint density at radius 3 is 2.45 bits per heavy atom. The van der Waals surface area contributed by atoms with Gasteiger partial charge in [0.25, 0.3) is 0 Å². The molecule has 1 aliphatic heterocycles. The molecule has 4 N–H and O–H groups in total. The van der Waals surface area contributed by atoms with Gasteiger partial charge in [-0.05, 0) is 18.6 Å².